The molecule has 21 heavy (non-hydrogen) atoms. The van der Waals surface area contributed by atoms with Gasteiger partial charge in [0.25, 0.3) is 0 Å². The molecule has 0 fully saturated rings. The van der Waals surface area contributed by atoms with Gasteiger partial charge in [0, 0.05) is 19.2 Å². The Morgan fingerprint density at radius 1 is 1.29 bits per heavy atom. The topological polar surface area (TPSA) is 69.6 Å². The van der Waals surface area contributed by atoms with Crippen LogP contribution in [0.3, 0.4) is 0 Å². The van der Waals surface area contributed by atoms with Crippen LogP contribution in [-0.2, 0) is 10.0 Å². The molecule has 1 aromatic carbocycles. The van der Waals surface area contributed by atoms with Crippen molar-refractivity contribution in [2.24, 2.45) is 0 Å². The first-order chi connectivity index (χ1) is 9.44. The third-order valence-corrected chi connectivity index (χ3v) is 4.22. The van der Waals surface area contributed by atoms with Crippen LogP contribution >= 0.6 is 0 Å². The van der Waals surface area contributed by atoms with E-state index >= 15 is 0 Å². The summed E-state index contributed by atoms with van der Waals surface area (Å²) in [4.78, 5) is 1.05. The van der Waals surface area contributed by atoms with E-state index in [1.54, 1.807) is 19.0 Å². The van der Waals surface area contributed by atoms with Gasteiger partial charge in [-0.3, -0.25) is 0 Å². The van der Waals surface area contributed by atoms with E-state index in [1.807, 2.05) is 0 Å². The van der Waals surface area contributed by atoms with Crippen LogP contribution in [0.25, 0.3) is 0 Å². The van der Waals surface area contributed by atoms with Crippen LogP contribution < -0.4 is 4.72 Å². The van der Waals surface area contributed by atoms with Crippen molar-refractivity contribution < 1.29 is 22.3 Å². The highest BCUT2D eigenvalue weighted by Gasteiger charge is 2.27. The SMILES string of the molecule is Cc1cc(S(=O)(=O)NCC(C)(O)CN(C)C)c(F)cc1F. The van der Waals surface area contributed by atoms with Gasteiger partial charge in [-0.1, -0.05) is 0 Å². The van der Waals surface area contributed by atoms with E-state index in [0.29, 0.717) is 6.07 Å². The average molecular weight is 322 g/mol. The zero-order valence-electron chi connectivity index (χ0n) is 12.4. The maximum atomic E-state index is 13.6. The van der Waals surface area contributed by atoms with Crippen LogP contribution in [0.5, 0.6) is 0 Å². The largest absolute Gasteiger partial charge is 0.387 e. The summed E-state index contributed by atoms with van der Waals surface area (Å²) >= 11 is 0. The minimum atomic E-state index is -4.17. The lowest BCUT2D eigenvalue weighted by atomic mass is 10.1. The highest BCUT2D eigenvalue weighted by molar-refractivity contribution is 7.89. The molecule has 0 aliphatic carbocycles. The number of aliphatic hydroxyl groups is 1. The van der Waals surface area contributed by atoms with Crippen molar-refractivity contribution in [3.63, 3.8) is 0 Å². The summed E-state index contributed by atoms with van der Waals surface area (Å²) < 4.78 is 53.0. The van der Waals surface area contributed by atoms with E-state index in [9.17, 15) is 22.3 Å². The molecule has 1 aromatic rings. The first-order valence-corrected chi connectivity index (χ1v) is 7.75. The first-order valence-electron chi connectivity index (χ1n) is 6.27. The molecule has 2 N–H and O–H groups in total. The fraction of sp³-hybridized carbons (Fsp3) is 0.538. The van der Waals surface area contributed by atoms with Crippen LogP contribution in [0.1, 0.15) is 12.5 Å². The van der Waals surface area contributed by atoms with Crippen molar-refractivity contribution in [3.8, 4) is 0 Å². The van der Waals surface area contributed by atoms with Crippen LogP contribution in [0.15, 0.2) is 17.0 Å². The van der Waals surface area contributed by atoms with Crippen LogP contribution in [0, 0.1) is 18.6 Å². The first kappa shape index (κ1) is 18.0. The van der Waals surface area contributed by atoms with E-state index in [1.165, 1.54) is 13.8 Å². The van der Waals surface area contributed by atoms with Gasteiger partial charge in [-0.15, -0.1) is 0 Å². The predicted molar refractivity (Wildman–Crippen MR) is 75.5 cm³/mol. The van der Waals surface area contributed by atoms with E-state index in [-0.39, 0.29) is 18.7 Å². The molecule has 0 radical (unpaired) electrons. The smallest absolute Gasteiger partial charge is 0.243 e. The summed E-state index contributed by atoms with van der Waals surface area (Å²) in [5.41, 5.74) is -1.29. The molecular weight excluding hydrogens is 302 g/mol. The zero-order chi connectivity index (χ0) is 16.4. The van der Waals surface area contributed by atoms with E-state index < -0.39 is 32.2 Å². The zero-order valence-corrected chi connectivity index (χ0v) is 13.3. The van der Waals surface area contributed by atoms with Gasteiger partial charge in [0.05, 0.1) is 5.60 Å². The van der Waals surface area contributed by atoms with E-state index in [2.05, 4.69) is 4.72 Å². The normalized spacial score (nSPS) is 15.2. The Hall–Kier alpha value is -1.09. The van der Waals surface area contributed by atoms with Crippen molar-refractivity contribution in [3.05, 3.63) is 29.3 Å². The fourth-order valence-electron chi connectivity index (χ4n) is 1.90. The molecule has 8 heteroatoms. The predicted octanol–water partition coefficient (Wildman–Crippen LogP) is 0.864. The Kier molecular flexibility index (Phi) is 5.43. The summed E-state index contributed by atoms with van der Waals surface area (Å²) in [6.45, 7) is 2.74. The van der Waals surface area contributed by atoms with Gasteiger partial charge in [-0.25, -0.2) is 21.9 Å². The number of likely N-dealkylation sites (N-methyl/N-ethyl adjacent to an activating group) is 1. The van der Waals surface area contributed by atoms with Gasteiger partial charge in [-0.2, -0.15) is 0 Å². The molecule has 0 aromatic heterocycles. The molecule has 120 valence electrons. The highest BCUT2D eigenvalue weighted by atomic mass is 32.2. The third kappa shape index (κ3) is 4.99. The van der Waals surface area contributed by atoms with Crippen molar-refractivity contribution in [1.29, 1.82) is 0 Å². The van der Waals surface area contributed by atoms with Gasteiger partial charge in [-0.05, 0) is 39.6 Å². The minimum absolute atomic E-state index is 0.0248. The second-order valence-corrected chi connectivity index (χ2v) is 7.33. The number of rotatable bonds is 6. The van der Waals surface area contributed by atoms with Gasteiger partial charge in [0.15, 0.2) is 0 Å². The number of halogens is 2. The number of nitrogens with zero attached hydrogens (tertiary/aromatic N) is 1. The summed E-state index contributed by atoms with van der Waals surface area (Å²) in [7, 11) is -0.713. The van der Waals surface area contributed by atoms with Crippen molar-refractivity contribution in [2.75, 3.05) is 27.2 Å². The number of benzene rings is 1. The van der Waals surface area contributed by atoms with E-state index in [0.717, 1.165) is 6.07 Å². The number of sulfonamides is 1. The molecule has 0 bridgehead atoms. The molecule has 0 saturated carbocycles. The summed E-state index contributed by atoms with van der Waals surface area (Å²) in [6.07, 6.45) is 0. The lowest BCUT2D eigenvalue weighted by Gasteiger charge is -2.27. The van der Waals surface area contributed by atoms with Crippen molar-refractivity contribution in [2.45, 2.75) is 24.3 Å². The molecule has 5 nitrogen and oxygen atoms in total. The minimum Gasteiger partial charge on any atom is -0.387 e. The van der Waals surface area contributed by atoms with Crippen LogP contribution in [-0.4, -0.2) is 51.2 Å². The quantitative estimate of drug-likeness (QED) is 0.815. The van der Waals surface area contributed by atoms with Crippen molar-refractivity contribution >= 4 is 10.0 Å². The average Bonchev–Trinajstić information content (AvgIpc) is 2.30. The molecule has 0 spiro atoms. The number of nitrogens with one attached hydrogen (secondary N) is 1. The number of aryl methyl sites for hydroxylation is 1. The molecular formula is C13H20F2N2O3S. The summed E-state index contributed by atoms with van der Waals surface area (Å²) in [5, 5.41) is 10.0. The van der Waals surface area contributed by atoms with Gasteiger partial charge < -0.3 is 10.0 Å². The standard InChI is InChI=1S/C13H20F2N2O3S/c1-9-5-12(11(15)6-10(9)14)21(19,20)16-7-13(2,18)8-17(3)4/h5-6,16,18H,7-8H2,1-4H3. The van der Waals surface area contributed by atoms with E-state index in [4.69, 9.17) is 0 Å². The lowest BCUT2D eigenvalue weighted by molar-refractivity contribution is 0.0386. The second kappa shape index (κ2) is 6.35. The monoisotopic (exact) mass is 322 g/mol. The fourth-order valence-corrected chi connectivity index (χ4v) is 3.21. The molecule has 0 aliphatic rings. The highest BCUT2D eigenvalue weighted by Crippen LogP contribution is 2.19. The number of hydrogen-bond acceptors (Lipinski definition) is 4. The Balaban J connectivity index is 2.95. The molecule has 1 rings (SSSR count). The van der Waals surface area contributed by atoms with Crippen LogP contribution in [0.2, 0.25) is 0 Å². The van der Waals surface area contributed by atoms with Gasteiger partial charge in [0.2, 0.25) is 10.0 Å². The Bertz CT molecular complexity index is 616. The lowest BCUT2D eigenvalue weighted by Crippen LogP contribution is -2.47. The summed E-state index contributed by atoms with van der Waals surface area (Å²) in [5.74, 6) is -1.98. The molecule has 0 heterocycles. The Morgan fingerprint density at radius 3 is 2.38 bits per heavy atom. The molecule has 0 aliphatic heterocycles. The molecule has 0 saturated heterocycles. The molecule has 0 amide bonds. The maximum Gasteiger partial charge on any atom is 0.243 e. The maximum absolute atomic E-state index is 13.6. The second-order valence-electron chi connectivity index (χ2n) is 5.59. The van der Waals surface area contributed by atoms with Crippen LogP contribution in [0.4, 0.5) is 8.78 Å². The summed E-state index contributed by atoms with van der Waals surface area (Å²) in [6, 6.07) is 1.45. The molecule has 1 atom stereocenters. The Morgan fingerprint density at radius 2 is 1.86 bits per heavy atom. The van der Waals surface area contributed by atoms with Crippen molar-refractivity contribution in [1.82, 2.24) is 9.62 Å². The molecule has 1 unspecified atom stereocenters. The van der Waals surface area contributed by atoms with Gasteiger partial charge in [0.1, 0.15) is 16.5 Å². The van der Waals surface area contributed by atoms with Gasteiger partial charge >= 0.3 is 0 Å². The third-order valence-electron chi connectivity index (χ3n) is 2.80. The number of hydrogen-bond donors (Lipinski definition) is 2. The Labute approximate surface area is 123 Å².